The second-order valence-electron chi connectivity index (χ2n) is 4.82. The third-order valence-corrected chi connectivity index (χ3v) is 5.00. The van der Waals surface area contributed by atoms with Crippen LogP contribution in [0.15, 0.2) is 0 Å². The molecule has 0 aromatic heterocycles. The van der Waals surface area contributed by atoms with Crippen molar-refractivity contribution in [1.82, 2.24) is 9.03 Å². The first-order chi connectivity index (χ1) is 7.62. The van der Waals surface area contributed by atoms with E-state index < -0.39 is 10.2 Å². The van der Waals surface area contributed by atoms with E-state index in [1.165, 1.54) is 4.31 Å². The summed E-state index contributed by atoms with van der Waals surface area (Å²) in [6.45, 7) is 1.82. The number of hydrogen-bond acceptors (Lipinski definition) is 3. The molecular weight excluding hydrogens is 228 g/mol. The lowest BCUT2D eigenvalue weighted by Crippen LogP contribution is -2.45. The fourth-order valence-corrected chi connectivity index (χ4v) is 3.29. The van der Waals surface area contributed by atoms with E-state index in [4.69, 9.17) is 5.11 Å². The largest absolute Gasteiger partial charge is 0.396 e. The molecule has 5 nitrogen and oxygen atoms in total. The zero-order valence-electron chi connectivity index (χ0n) is 9.43. The molecule has 0 unspecified atom stereocenters. The van der Waals surface area contributed by atoms with Crippen molar-refractivity contribution in [2.75, 3.05) is 26.2 Å². The van der Waals surface area contributed by atoms with Crippen LogP contribution in [0.1, 0.15) is 25.7 Å². The molecule has 0 aromatic rings. The smallest absolute Gasteiger partial charge is 0.279 e. The number of nitrogens with one attached hydrogen (secondary N) is 1. The molecule has 0 bridgehead atoms. The van der Waals surface area contributed by atoms with Gasteiger partial charge in [0, 0.05) is 26.2 Å². The summed E-state index contributed by atoms with van der Waals surface area (Å²) in [6, 6.07) is 0. The third-order valence-electron chi connectivity index (χ3n) is 3.42. The minimum Gasteiger partial charge on any atom is -0.396 e. The van der Waals surface area contributed by atoms with Crippen molar-refractivity contribution in [2.45, 2.75) is 25.7 Å². The van der Waals surface area contributed by atoms with Gasteiger partial charge in [-0.3, -0.25) is 0 Å². The molecule has 2 fully saturated rings. The standard InChI is InChI=1S/C10H20N2O3S/c13-8-10-3-5-12(6-4-10)16(14,15)11-7-9-1-2-9/h9-11,13H,1-8H2. The number of aliphatic hydroxyl groups excluding tert-OH is 1. The Morgan fingerprint density at radius 1 is 1.12 bits per heavy atom. The second kappa shape index (κ2) is 5.00. The molecule has 1 saturated carbocycles. The molecule has 1 heterocycles. The van der Waals surface area contributed by atoms with E-state index in [1.807, 2.05) is 0 Å². The van der Waals surface area contributed by atoms with Gasteiger partial charge in [0.15, 0.2) is 0 Å². The summed E-state index contributed by atoms with van der Waals surface area (Å²) >= 11 is 0. The average molecular weight is 248 g/mol. The Morgan fingerprint density at radius 2 is 1.75 bits per heavy atom. The van der Waals surface area contributed by atoms with Crippen molar-refractivity contribution in [1.29, 1.82) is 0 Å². The fourth-order valence-electron chi connectivity index (χ4n) is 1.97. The lowest BCUT2D eigenvalue weighted by molar-refractivity contribution is 0.169. The van der Waals surface area contributed by atoms with Gasteiger partial charge in [-0.15, -0.1) is 0 Å². The summed E-state index contributed by atoms with van der Waals surface area (Å²) in [5.74, 6) is 0.833. The molecule has 0 spiro atoms. The van der Waals surface area contributed by atoms with Gasteiger partial charge < -0.3 is 5.11 Å². The summed E-state index contributed by atoms with van der Waals surface area (Å²) in [6.07, 6.45) is 3.83. The first kappa shape index (κ1) is 12.3. The van der Waals surface area contributed by atoms with Crippen LogP contribution in [0.5, 0.6) is 0 Å². The summed E-state index contributed by atoms with van der Waals surface area (Å²) < 4.78 is 27.9. The number of piperidine rings is 1. The molecule has 16 heavy (non-hydrogen) atoms. The zero-order valence-corrected chi connectivity index (χ0v) is 10.2. The lowest BCUT2D eigenvalue weighted by atomic mass is 10.00. The Hall–Kier alpha value is -0.170. The monoisotopic (exact) mass is 248 g/mol. The molecule has 1 aliphatic carbocycles. The third kappa shape index (κ3) is 3.16. The van der Waals surface area contributed by atoms with Crippen LogP contribution in [0, 0.1) is 11.8 Å². The zero-order chi connectivity index (χ0) is 11.6. The molecular formula is C10H20N2O3S. The highest BCUT2D eigenvalue weighted by atomic mass is 32.2. The van der Waals surface area contributed by atoms with E-state index >= 15 is 0 Å². The van der Waals surface area contributed by atoms with Crippen LogP contribution in [0.4, 0.5) is 0 Å². The molecule has 2 rings (SSSR count). The quantitative estimate of drug-likeness (QED) is 0.716. The molecule has 1 aliphatic heterocycles. The molecule has 0 radical (unpaired) electrons. The minimum atomic E-state index is -3.27. The lowest BCUT2D eigenvalue weighted by Gasteiger charge is -2.30. The molecule has 0 aromatic carbocycles. The van der Waals surface area contributed by atoms with Gasteiger partial charge >= 0.3 is 0 Å². The number of hydrogen-bond donors (Lipinski definition) is 2. The topological polar surface area (TPSA) is 69.6 Å². The Balaban J connectivity index is 1.81. The molecule has 2 N–H and O–H groups in total. The predicted octanol–water partition coefficient (Wildman–Crippen LogP) is -0.0649. The van der Waals surface area contributed by atoms with Crippen LogP contribution in [-0.4, -0.2) is 44.1 Å². The van der Waals surface area contributed by atoms with Crippen molar-refractivity contribution in [3.8, 4) is 0 Å². The highest BCUT2D eigenvalue weighted by molar-refractivity contribution is 7.87. The van der Waals surface area contributed by atoms with Crippen LogP contribution in [0.2, 0.25) is 0 Å². The van der Waals surface area contributed by atoms with Crippen molar-refractivity contribution in [3.05, 3.63) is 0 Å². The fraction of sp³-hybridized carbons (Fsp3) is 1.00. The van der Waals surface area contributed by atoms with Gasteiger partial charge in [-0.05, 0) is 37.5 Å². The maximum absolute atomic E-state index is 11.9. The van der Waals surface area contributed by atoms with Gasteiger partial charge in [-0.2, -0.15) is 12.7 Å². The Kier molecular flexibility index (Phi) is 3.84. The first-order valence-electron chi connectivity index (χ1n) is 5.97. The van der Waals surface area contributed by atoms with Crippen molar-refractivity contribution < 1.29 is 13.5 Å². The number of rotatable bonds is 5. The number of nitrogens with zero attached hydrogens (tertiary/aromatic N) is 1. The maximum Gasteiger partial charge on any atom is 0.279 e. The summed E-state index contributed by atoms with van der Waals surface area (Å²) in [7, 11) is -3.27. The van der Waals surface area contributed by atoms with E-state index in [1.54, 1.807) is 0 Å². The van der Waals surface area contributed by atoms with E-state index in [2.05, 4.69) is 4.72 Å². The van der Waals surface area contributed by atoms with Gasteiger partial charge in [0.2, 0.25) is 0 Å². The van der Waals surface area contributed by atoms with Gasteiger partial charge in [0.05, 0.1) is 0 Å². The highest BCUT2D eigenvalue weighted by Gasteiger charge is 2.29. The minimum absolute atomic E-state index is 0.170. The Bertz CT molecular complexity index is 319. The highest BCUT2D eigenvalue weighted by Crippen LogP contribution is 2.28. The number of aliphatic hydroxyl groups is 1. The van der Waals surface area contributed by atoms with Crippen LogP contribution >= 0.6 is 0 Å². The van der Waals surface area contributed by atoms with Gasteiger partial charge in [0.25, 0.3) is 10.2 Å². The second-order valence-corrected chi connectivity index (χ2v) is 6.58. The van der Waals surface area contributed by atoms with E-state index in [9.17, 15) is 8.42 Å². The molecule has 0 atom stereocenters. The Morgan fingerprint density at radius 3 is 2.25 bits per heavy atom. The van der Waals surface area contributed by atoms with Crippen LogP contribution in [0.3, 0.4) is 0 Å². The molecule has 1 saturated heterocycles. The summed E-state index contributed by atoms with van der Waals surface area (Å²) in [4.78, 5) is 0. The average Bonchev–Trinajstić information content (AvgIpc) is 3.10. The van der Waals surface area contributed by atoms with E-state index in [0.29, 0.717) is 25.6 Å². The van der Waals surface area contributed by atoms with Crippen molar-refractivity contribution in [3.63, 3.8) is 0 Å². The molecule has 2 aliphatic rings. The molecule has 0 amide bonds. The van der Waals surface area contributed by atoms with Crippen molar-refractivity contribution in [2.24, 2.45) is 11.8 Å². The van der Waals surface area contributed by atoms with Gasteiger partial charge in [0.1, 0.15) is 0 Å². The molecule has 94 valence electrons. The normalized spacial score (nSPS) is 24.8. The van der Waals surface area contributed by atoms with Gasteiger partial charge in [-0.25, -0.2) is 4.72 Å². The first-order valence-corrected chi connectivity index (χ1v) is 7.41. The van der Waals surface area contributed by atoms with Crippen molar-refractivity contribution >= 4 is 10.2 Å². The van der Waals surface area contributed by atoms with Crippen LogP contribution < -0.4 is 4.72 Å². The van der Waals surface area contributed by atoms with Gasteiger partial charge in [-0.1, -0.05) is 0 Å². The van der Waals surface area contributed by atoms with Crippen LogP contribution in [-0.2, 0) is 10.2 Å². The van der Waals surface area contributed by atoms with Crippen LogP contribution in [0.25, 0.3) is 0 Å². The Labute approximate surface area is 97.0 Å². The predicted molar refractivity (Wildman–Crippen MR) is 61.0 cm³/mol. The van der Waals surface area contributed by atoms with E-state index in [-0.39, 0.29) is 12.5 Å². The maximum atomic E-state index is 11.9. The molecule has 6 heteroatoms. The summed E-state index contributed by atoms with van der Waals surface area (Å²) in [5.41, 5.74) is 0. The summed E-state index contributed by atoms with van der Waals surface area (Å²) in [5, 5.41) is 8.98. The van der Waals surface area contributed by atoms with E-state index in [0.717, 1.165) is 25.7 Å². The SMILES string of the molecule is O=S(=O)(NCC1CC1)N1CCC(CO)CC1.